The van der Waals surface area contributed by atoms with Crippen molar-refractivity contribution in [3.05, 3.63) is 29.8 Å². The Bertz CT molecular complexity index is 579. The largest absolute Gasteiger partial charge is 0.481 e. The van der Waals surface area contributed by atoms with Gasteiger partial charge in [-0.3, -0.25) is 4.79 Å². The summed E-state index contributed by atoms with van der Waals surface area (Å²) >= 11 is 0. The van der Waals surface area contributed by atoms with Crippen LogP contribution < -0.4 is 5.32 Å². The Labute approximate surface area is 120 Å². The number of hydrogen-bond donors (Lipinski definition) is 2. The van der Waals surface area contributed by atoms with Crippen LogP contribution in [0.25, 0.3) is 0 Å². The maximum atomic E-state index is 13.1. The van der Waals surface area contributed by atoms with Gasteiger partial charge in [-0.1, -0.05) is 0 Å². The average Bonchev–Trinajstić information content (AvgIpc) is 2.43. The van der Waals surface area contributed by atoms with Crippen molar-refractivity contribution < 1.29 is 23.5 Å². The summed E-state index contributed by atoms with van der Waals surface area (Å²) in [4.78, 5) is 24.7. The number of likely N-dealkylation sites (tertiary alicyclic amines) is 1. The van der Waals surface area contributed by atoms with Crippen LogP contribution in [0.4, 0.5) is 19.3 Å². The van der Waals surface area contributed by atoms with Crippen molar-refractivity contribution in [3.63, 3.8) is 0 Å². The molecule has 2 N–H and O–H groups in total. The van der Waals surface area contributed by atoms with E-state index in [-0.39, 0.29) is 12.2 Å². The fraction of sp³-hybridized carbons (Fsp3) is 0.429. The molecule has 21 heavy (non-hydrogen) atoms. The number of nitrogens with one attached hydrogen (secondary N) is 1. The quantitative estimate of drug-likeness (QED) is 0.882. The molecule has 1 heterocycles. The molecule has 114 valence electrons. The molecule has 7 heteroatoms. The van der Waals surface area contributed by atoms with E-state index < -0.39 is 29.0 Å². The Kier molecular flexibility index (Phi) is 4.11. The van der Waals surface area contributed by atoms with Gasteiger partial charge in [0.15, 0.2) is 11.6 Å². The fourth-order valence-electron chi connectivity index (χ4n) is 2.36. The number of carbonyl (C=O) groups excluding carboxylic acids is 1. The molecule has 2 amide bonds. The number of carboxylic acid groups (broad SMARTS) is 1. The highest BCUT2D eigenvalue weighted by molar-refractivity contribution is 5.90. The number of piperidine rings is 1. The van der Waals surface area contributed by atoms with E-state index in [1.54, 1.807) is 6.92 Å². The highest BCUT2D eigenvalue weighted by Crippen LogP contribution is 2.30. The molecule has 1 atom stereocenters. The van der Waals surface area contributed by atoms with Gasteiger partial charge in [-0.15, -0.1) is 0 Å². The summed E-state index contributed by atoms with van der Waals surface area (Å²) in [6, 6.07) is 2.53. The smallest absolute Gasteiger partial charge is 0.321 e. The van der Waals surface area contributed by atoms with Gasteiger partial charge in [-0.25, -0.2) is 13.6 Å². The molecule has 2 rings (SSSR count). The van der Waals surface area contributed by atoms with E-state index in [1.807, 2.05) is 0 Å². The number of amides is 2. The van der Waals surface area contributed by atoms with Crippen LogP contribution in [-0.2, 0) is 4.79 Å². The molecule has 0 bridgehead atoms. The lowest BCUT2D eigenvalue weighted by Crippen LogP contribution is -2.49. The number of hydrogen-bond acceptors (Lipinski definition) is 2. The summed E-state index contributed by atoms with van der Waals surface area (Å²) in [6.45, 7) is 2.10. The van der Waals surface area contributed by atoms with Crippen LogP contribution in [0.3, 0.4) is 0 Å². The van der Waals surface area contributed by atoms with Gasteiger partial charge < -0.3 is 15.3 Å². The lowest BCUT2D eigenvalue weighted by molar-refractivity contribution is -0.150. The third-order valence-corrected chi connectivity index (χ3v) is 3.67. The van der Waals surface area contributed by atoms with Crippen LogP contribution in [0, 0.1) is 17.0 Å². The van der Waals surface area contributed by atoms with Gasteiger partial charge in [-0.2, -0.15) is 0 Å². The maximum absolute atomic E-state index is 13.1. The minimum Gasteiger partial charge on any atom is -0.481 e. The van der Waals surface area contributed by atoms with Crippen LogP contribution in [0.2, 0.25) is 0 Å². The minimum atomic E-state index is -1.05. The predicted octanol–water partition coefficient (Wildman–Crippen LogP) is 2.68. The van der Waals surface area contributed by atoms with Crippen molar-refractivity contribution in [1.82, 2.24) is 4.90 Å². The van der Waals surface area contributed by atoms with E-state index in [4.69, 9.17) is 0 Å². The maximum Gasteiger partial charge on any atom is 0.321 e. The third kappa shape index (κ3) is 3.29. The summed E-state index contributed by atoms with van der Waals surface area (Å²) < 4.78 is 25.9. The molecule has 1 aliphatic rings. The topological polar surface area (TPSA) is 69.6 Å². The van der Waals surface area contributed by atoms with Gasteiger partial charge in [0.05, 0.1) is 5.41 Å². The molecule has 0 saturated carbocycles. The summed E-state index contributed by atoms with van der Waals surface area (Å²) in [6.07, 6.45) is 1.07. The van der Waals surface area contributed by atoms with E-state index in [0.29, 0.717) is 19.4 Å². The third-order valence-electron chi connectivity index (χ3n) is 3.67. The number of anilines is 1. The molecule has 0 aromatic heterocycles. The van der Waals surface area contributed by atoms with Gasteiger partial charge in [0.25, 0.3) is 0 Å². The standard InChI is InChI=1S/C14H16F2N2O3/c1-14(12(19)20)5-2-6-18(8-14)13(21)17-9-3-4-10(15)11(16)7-9/h3-4,7H,2,5-6,8H2,1H3,(H,17,21)(H,19,20). The molecule has 5 nitrogen and oxygen atoms in total. The second-order valence-electron chi connectivity index (χ2n) is 5.45. The van der Waals surface area contributed by atoms with Crippen LogP contribution >= 0.6 is 0 Å². The molecule has 1 saturated heterocycles. The Morgan fingerprint density at radius 3 is 2.67 bits per heavy atom. The first-order valence-corrected chi connectivity index (χ1v) is 6.56. The number of carboxylic acids is 1. The molecular weight excluding hydrogens is 282 g/mol. The van der Waals surface area contributed by atoms with Gasteiger partial charge in [0.2, 0.25) is 0 Å². The van der Waals surface area contributed by atoms with Crippen molar-refractivity contribution >= 4 is 17.7 Å². The molecule has 1 aliphatic heterocycles. The van der Waals surface area contributed by atoms with Gasteiger partial charge in [0, 0.05) is 24.8 Å². The van der Waals surface area contributed by atoms with Crippen molar-refractivity contribution in [1.29, 1.82) is 0 Å². The van der Waals surface area contributed by atoms with E-state index in [2.05, 4.69) is 5.32 Å². The first-order chi connectivity index (χ1) is 9.82. The monoisotopic (exact) mass is 298 g/mol. The Morgan fingerprint density at radius 1 is 1.33 bits per heavy atom. The predicted molar refractivity (Wildman–Crippen MR) is 71.9 cm³/mol. The van der Waals surface area contributed by atoms with Crippen LogP contribution in [0.5, 0.6) is 0 Å². The molecule has 1 fully saturated rings. The van der Waals surface area contributed by atoms with Crippen molar-refractivity contribution in [2.75, 3.05) is 18.4 Å². The van der Waals surface area contributed by atoms with Crippen LogP contribution in [0.1, 0.15) is 19.8 Å². The second kappa shape index (κ2) is 5.67. The molecular formula is C14H16F2N2O3. The Morgan fingerprint density at radius 2 is 2.05 bits per heavy atom. The highest BCUT2D eigenvalue weighted by atomic mass is 19.2. The van der Waals surface area contributed by atoms with Crippen molar-refractivity contribution in [2.24, 2.45) is 5.41 Å². The number of benzene rings is 1. The van der Waals surface area contributed by atoms with Crippen LogP contribution in [0.15, 0.2) is 18.2 Å². The van der Waals surface area contributed by atoms with Crippen molar-refractivity contribution in [2.45, 2.75) is 19.8 Å². The molecule has 1 unspecified atom stereocenters. The summed E-state index contributed by atoms with van der Waals surface area (Å²) in [5.74, 6) is -3.00. The molecule has 0 radical (unpaired) electrons. The SMILES string of the molecule is CC1(C(=O)O)CCCN(C(=O)Nc2ccc(F)c(F)c2)C1. The second-order valence-corrected chi connectivity index (χ2v) is 5.45. The fourth-order valence-corrected chi connectivity index (χ4v) is 2.36. The molecule has 0 aliphatic carbocycles. The zero-order valence-electron chi connectivity index (χ0n) is 11.5. The normalized spacial score (nSPS) is 22.0. The van der Waals surface area contributed by atoms with E-state index in [9.17, 15) is 23.5 Å². The highest BCUT2D eigenvalue weighted by Gasteiger charge is 2.39. The first-order valence-electron chi connectivity index (χ1n) is 6.56. The Hall–Kier alpha value is -2.18. The number of carbonyl (C=O) groups is 2. The lowest BCUT2D eigenvalue weighted by atomic mass is 9.82. The van der Waals surface area contributed by atoms with Gasteiger partial charge in [-0.05, 0) is 31.9 Å². The van der Waals surface area contributed by atoms with E-state index in [1.165, 1.54) is 11.0 Å². The number of nitrogens with zero attached hydrogens (tertiary/aromatic N) is 1. The lowest BCUT2D eigenvalue weighted by Gasteiger charge is -2.37. The molecule has 0 spiro atoms. The number of urea groups is 1. The van der Waals surface area contributed by atoms with Gasteiger partial charge >= 0.3 is 12.0 Å². The number of rotatable bonds is 2. The zero-order valence-corrected chi connectivity index (χ0v) is 11.5. The van der Waals surface area contributed by atoms with E-state index in [0.717, 1.165) is 12.1 Å². The van der Waals surface area contributed by atoms with Crippen molar-refractivity contribution in [3.8, 4) is 0 Å². The molecule has 1 aromatic rings. The van der Waals surface area contributed by atoms with Crippen LogP contribution in [-0.4, -0.2) is 35.1 Å². The Balaban J connectivity index is 2.06. The molecule has 1 aromatic carbocycles. The van der Waals surface area contributed by atoms with E-state index >= 15 is 0 Å². The summed E-state index contributed by atoms with van der Waals surface area (Å²) in [5, 5.41) is 11.6. The average molecular weight is 298 g/mol. The van der Waals surface area contributed by atoms with Gasteiger partial charge in [0.1, 0.15) is 0 Å². The number of aliphatic carboxylic acids is 1. The number of halogens is 2. The first kappa shape index (κ1) is 15.2. The minimum absolute atomic E-state index is 0.0812. The summed E-state index contributed by atoms with van der Waals surface area (Å²) in [7, 11) is 0. The zero-order chi connectivity index (χ0) is 15.6. The summed E-state index contributed by atoms with van der Waals surface area (Å²) in [5.41, 5.74) is -0.856.